The van der Waals surface area contributed by atoms with Gasteiger partial charge in [0.15, 0.2) is 5.82 Å². The van der Waals surface area contributed by atoms with E-state index in [4.69, 9.17) is 5.73 Å². The summed E-state index contributed by atoms with van der Waals surface area (Å²) in [6.07, 6.45) is 1.66. The smallest absolute Gasteiger partial charge is 0.264 e. The third-order valence-electron chi connectivity index (χ3n) is 4.13. The van der Waals surface area contributed by atoms with Crippen molar-refractivity contribution in [1.29, 1.82) is 0 Å². The van der Waals surface area contributed by atoms with Crippen molar-refractivity contribution in [2.24, 2.45) is 5.73 Å². The summed E-state index contributed by atoms with van der Waals surface area (Å²) in [6, 6.07) is 20.8. The molecule has 2 N–H and O–H groups in total. The lowest BCUT2D eigenvalue weighted by molar-refractivity contribution is 0.0988. The van der Waals surface area contributed by atoms with Gasteiger partial charge in [-0.05, 0) is 48.5 Å². The molecule has 2 amide bonds. The molecule has 7 nitrogen and oxygen atoms in total. The zero-order valence-corrected chi connectivity index (χ0v) is 15.9. The molecule has 0 aliphatic heterocycles. The molecular weight excluding hydrogens is 386 g/mol. The Kier molecular flexibility index (Phi) is 5.08. The minimum absolute atomic E-state index is 0.295. The van der Waals surface area contributed by atoms with Crippen LogP contribution in [0.4, 0.5) is 10.8 Å². The van der Waals surface area contributed by atoms with Crippen LogP contribution in [0.2, 0.25) is 0 Å². The Bertz CT molecular complexity index is 1140. The number of benzene rings is 2. The minimum Gasteiger partial charge on any atom is -0.366 e. The molecule has 2 heterocycles. The summed E-state index contributed by atoms with van der Waals surface area (Å²) >= 11 is 1.11. The lowest BCUT2D eigenvalue weighted by atomic mass is 10.1. The number of anilines is 2. The van der Waals surface area contributed by atoms with Crippen molar-refractivity contribution in [2.45, 2.75) is 0 Å². The molecule has 0 aliphatic rings. The van der Waals surface area contributed by atoms with Gasteiger partial charge in [-0.15, -0.1) is 0 Å². The number of rotatable bonds is 5. The number of amides is 2. The summed E-state index contributed by atoms with van der Waals surface area (Å²) in [7, 11) is 0. The minimum atomic E-state index is -0.548. The first-order valence-electron chi connectivity index (χ1n) is 8.68. The first-order valence-corrected chi connectivity index (χ1v) is 9.45. The van der Waals surface area contributed by atoms with Gasteiger partial charge in [0, 0.05) is 28.9 Å². The van der Waals surface area contributed by atoms with E-state index in [0.29, 0.717) is 33.5 Å². The van der Waals surface area contributed by atoms with E-state index in [9.17, 15) is 9.59 Å². The standard InChI is InChI=1S/C21H15N5O2S/c22-18(27)14-9-11-15(12-10-14)20(28)26(16-6-2-1-3-7-16)21-24-19(25-29-21)17-8-4-5-13-23-17/h1-13H,(H2,22,27). The summed E-state index contributed by atoms with van der Waals surface area (Å²) in [5.41, 5.74) is 7.29. The highest BCUT2D eigenvalue weighted by Gasteiger charge is 2.24. The van der Waals surface area contributed by atoms with Crippen molar-refractivity contribution in [3.63, 3.8) is 0 Å². The number of nitrogens with zero attached hydrogens (tertiary/aromatic N) is 4. The average molecular weight is 401 g/mol. The second-order valence-corrected chi connectivity index (χ2v) is 6.76. The monoisotopic (exact) mass is 401 g/mol. The van der Waals surface area contributed by atoms with Crippen LogP contribution in [0, 0.1) is 0 Å². The maximum absolute atomic E-state index is 13.3. The molecule has 8 heteroatoms. The van der Waals surface area contributed by atoms with Crippen molar-refractivity contribution in [3.05, 3.63) is 90.1 Å². The first-order chi connectivity index (χ1) is 14.1. The topological polar surface area (TPSA) is 102 Å². The Labute approximate surface area is 170 Å². The van der Waals surface area contributed by atoms with Gasteiger partial charge in [0.05, 0.1) is 5.69 Å². The van der Waals surface area contributed by atoms with E-state index < -0.39 is 5.91 Å². The molecule has 0 spiro atoms. The number of carbonyl (C=O) groups is 2. The van der Waals surface area contributed by atoms with Crippen LogP contribution < -0.4 is 10.6 Å². The molecule has 0 bridgehead atoms. The van der Waals surface area contributed by atoms with Gasteiger partial charge in [-0.3, -0.25) is 19.5 Å². The number of aromatic nitrogens is 3. The molecule has 0 saturated carbocycles. The van der Waals surface area contributed by atoms with E-state index >= 15 is 0 Å². The average Bonchev–Trinajstić information content (AvgIpc) is 3.25. The maximum atomic E-state index is 13.3. The number of hydrogen-bond acceptors (Lipinski definition) is 6. The molecule has 0 saturated heterocycles. The fourth-order valence-corrected chi connectivity index (χ4v) is 3.40. The lowest BCUT2D eigenvalue weighted by Gasteiger charge is -2.19. The third kappa shape index (κ3) is 3.87. The van der Waals surface area contributed by atoms with Crippen LogP contribution in [-0.2, 0) is 0 Å². The van der Waals surface area contributed by atoms with Gasteiger partial charge >= 0.3 is 0 Å². The van der Waals surface area contributed by atoms with Crippen LogP contribution in [-0.4, -0.2) is 26.2 Å². The number of primary amides is 1. The van der Waals surface area contributed by atoms with Gasteiger partial charge in [0.25, 0.3) is 5.91 Å². The van der Waals surface area contributed by atoms with Crippen LogP contribution in [0.25, 0.3) is 11.5 Å². The van der Waals surface area contributed by atoms with Crippen molar-refractivity contribution in [2.75, 3.05) is 4.90 Å². The highest BCUT2D eigenvalue weighted by molar-refractivity contribution is 7.10. The molecule has 0 unspecified atom stereocenters. The summed E-state index contributed by atoms with van der Waals surface area (Å²) in [5.74, 6) is -0.396. The van der Waals surface area contributed by atoms with Crippen LogP contribution in [0.3, 0.4) is 0 Å². The molecule has 0 aliphatic carbocycles. The summed E-state index contributed by atoms with van der Waals surface area (Å²) in [4.78, 5) is 34.9. The highest BCUT2D eigenvalue weighted by atomic mass is 32.1. The highest BCUT2D eigenvalue weighted by Crippen LogP contribution is 2.31. The van der Waals surface area contributed by atoms with E-state index in [1.807, 2.05) is 48.5 Å². The van der Waals surface area contributed by atoms with Crippen LogP contribution in [0.1, 0.15) is 20.7 Å². The fraction of sp³-hybridized carbons (Fsp3) is 0. The Balaban J connectivity index is 1.74. The number of pyridine rings is 1. The molecule has 2 aromatic heterocycles. The quantitative estimate of drug-likeness (QED) is 0.550. The first kappa shape index (κ1) is 18.5. The number of carbonyl (C=O) groups excluding carboxylic acids is 2. The lowest BCUT2D eigenvalue weighted by Crippen LogP contribution is -2.26. The van der Waals surface area contributed by atoms with E-state index in [1.165, 1.54) is 17.0 Å². The largest absolute Gasteiger partial charge is 0.366 e. The second kappa shape index (κ2) is 7.99. The van der Waals surface area contributed by atoms with Gasteiger partial charge in [-0.2, -0.15) is 9.36 Å². The van der Waals surface area contributed by atoms with E-state index in [1.54, 1.807) is 18.3 Å². The SMILES string of the molecule is NC(=O)c1ccc(C(=O)N(c2ccccc2)c2nc(-c3ccccn3)ns2)cc1. The Morgan fingerprint density at radius 3 is 2.21 bits per heavy atom. The predicted octanol–water partition coefficient (Wildman–Crippen LogP) is 3.68. The fourth-order valence-electron chi connectivity index (χ4n) is 2.70. The summed E-state index contributed by atoms with van der Waals surface area (Å²) in [5, 5.41) is 0.417. The van der Waals surface area contributed by atoms with Gasteiger partial charge in [-0.1, -0.05) is 24.3 Å². The Morgan fingerprint density at radius 2 is 1.55 bits per heavy atom. The van der Waals surface area contributed by atoms with Gasteiger partial charge < -0.3 is 5.73 Å². The van der Waals surface area contributed by atoms with E-state index in [0.717, 1.165) is 11.5 Å². The van der Waals surface area contributed by atoms with E-state index in [2.05, 4.69) is 14.3 Å². The normalized spacial score (nSPS) is 10.5. The summed E-state index contributed by atoms with van der Waals surface area (Å²) in [6.45, 7) is 0. The molecule has 4 rings (SSSR count). The number of nitrogens with two attached hydrogens (primary N) is 1. The van der Waals surface area contributed by atoms with Gasteiger partial charge in [0.2, 0.25) is 11.0 Å². The van der Waals surface area contributed by atoms with Crippen molar-refractivity contribution >= 4 is 34.2 Å². The molecule has 29 heavy (non-hydrogen) atoms. The zero-order chi connectivity index (χ0) is 20.2. The van der Waals surface area contributed by atoms with Crippen LogP contribution in [0.5, 0.6) is 0 Å². The number of hydrogen-bond donors (Lipinski definition) is 1. The van der Waals surface area contributed by atoms with Gasteiger partial charge in [-0.25, -0.2) is 0 Å². The van der Waals surface area contributed by atoms with Crippen molar-refractivity contribution in [1.82, 2.24) is 14.3 Å². The second-order valence-electron chi connectivity index (χ2n) is 6.03. The molecule has 4 aromatic rings. The Hall–Kier alpha value is -3.91. The molecular formula is C21H15N5O2S. The van der Waals surface area contributed by atoms with Crippen molar-refractivity contribution < 1.29 is 9.59 Å². The Morgan fingerprint density at radius 1 is 0.862 bits per heavy atom. The molecule has 142 valence electrons. The van der Waals surface area contributed by atoms with Crippen molar-refractivity contribution in [3.8, 4) is 11.5 Å². The van der Waals surface area contributed by atoms with Crippen LogP contribution in [0.15, 0.2) is 79.0 Å². The van der Waals surface area contributed by atoms with E-state index in [-0.39, 0.29) is 5.91 Å². The zero-order valence-electron chi connectivity index (χ0n) is 15.1. The molecule has 2 aromatic carbocycles. The molecule has 0 atom stereocenters. The van der Waals surface area contributed by atoms with Gasteiger partial charge in [0.1, 0.15) is 5.69 Å². The molecule has 0 radical (unpaired) electrons. The third-order valence-corrected chi connectivity index (χ3v) is 4.84. The predicted molar refractivity (Wildman–Crippen MR) is 111 cm³/mol. The number of para-hydroxylation sites is 1. The summed E-state index contributed by atoms with van der Waals surface area (Å²) < 4.78 is 4.36. The van der Waals surface area contributed by atoms with Crippen LogP contribution >= 0.6 is 11.5 Å². The molecule has 0 fully saturated rings. The maximum Gasteiger partial charge on any atom is 0.264 e.